The molecule has 1 aromatic carbocycles. The van der Waals surface area contributed by atoms with Gasteiger partial charge in [0.05, 0.1) is 6.54 Å². The van der Waals surface area contributed by atoms with E-state index in [0.717, 1.165) is 12.1 Å². The maximum Gasteiger partial charge on any atom is 0.176 e. The van der Waals surface area contributed by atoms with Crippen molar-refractivity contribution in [2.24, 2.45) is 0 Å². The van der Waals surface area contributed by atoms with Gasteiger partial charge in [-0.1, -0.05) is 50.1 Å². The molecule has 0 radical (unpaired) electrons. The van der Waals surface area contributed by atoms with E-state index < -0.39 is 0 Å². The number of likely N-dealkylation sites (N-methyl/N-ethyl adjacent to an activating group) is 1. The number of hydrogen-bond donors (Lipinski definition) is 0. The first-order valence-electron chi connectivity index (χ1n) is 6.63. The fraction of sp³-hybridized carbons (Fsp3) is 0.533. The topological polar surface area (TPSA) is 20.3 Å². The van der Waals surface area contributed by atoms with Gasteiger partial charge in [-0.25, -0.2) is 0 Å². The normalized spacial score (nSPS) is 16.6. The van der Waals surface area contributed by atoms with Crippen LogP contribution in [0.2, 0.25) is 0 Å². The molecule has 0 heterocycles. The number of nitrogens with zero attached hydrogens (tertiary/aromatic N) is 1. The lowest BCUT2D eigenvalue weighted by Gasteiger charge is -2.26. The summed E-state index contributed by atoms with van der Waals surface area (Å²) in [4.78, 5) is 14.5. The van der Waals surface area contributed by atoms with Gasteiger partial charge in [-0.2, -0.15) is 0 Å². The van der Waals surface area contributed by atoms with Gasteiger partial charge in [-0.15, -0.1) is 0 Å². The minimum absolute atomic E-state index is 0.249. The summed E-state index contributed by atoms with van der Waals surface area (Å²) in [5.74, 6) is 0.249. The minimum Gasteiger partial charge on any atom is -0.293 e. The Morgan fingerprint density at radius 1 is 1.24 bits per heavy atom. The molecule has 0 unspecified atom stereocenters. The van der Waals surface area contributed by atoms with Crippen LogP contribution in [0.4, 0.5) is 0 Å². The van der Waals surface area contributed by atoms with Crippen LogP contribution in [0.25, 0.3) is 0 Å². The Balaban J connectivity index is 1.96. The van der Waals surface area contributed by atoms with Crippen molar-refractivity contribution >= 4 is 5.78 Å². The molecule has 1 aromatic rings. The molecular weight excluding hydrogens is 210 g/mol. The van der Waals surface area contributed by atoms with Crippen molar-refractivity contribution in [3.8, 4) is 0 Å². The van der Waals surface area contributed by atoms with Crippen molar-refractivity contribution in [3.63, 3.8) is 0 Å². The SMILES string of the molecule is CCN(CC(=O)c1ccccc1)C1CCCC1. The van der Waals surface area contributed by atoms with Crippen molar-refractivity contribution in [2.75, 3.05) is 13.1 Å². The minimum atomic E-state index is 0.249. The fourth-order valence-electron chi connectivity index (χ4n) is 2.67. The van der Waals surface area contributed by atoms with Gasteiger partial charge in [0.1, 0.15) is 0 Å². The van der Waals surface area contributed by atoms with Crippen LogP contribution < -0.4 is 0 Å². The summed E-state index contributed by atoms with van der Waals surface area (Å²) >= 11 is 0. The van der Waals surface area contributed by atoms with Crippen LogP contribution in [0.3, 0.4) is 0 Å². The molecule has 1 aliphatic rings. The third kappa shape index (κ3) is 3.16. The molecule has 0 atom stereocenters. The van der Waals surface area contributed by atoms with E-state index in [4.69, 9.17) is 0 Å². The van der Waals surface area contributed by atoms with Gasteiger partial charge in [0.2, 0.25) is 0 Å². The van der Waals surface area contributed by atoms with Crippen molar-refractivity contribution < 1.29 is 4.79 Å². The smallest absolute Gasteiger partial charge is 0.176 e. The van der Waals surface area contributed by atoms with Crippen molar-refractivity contribution in [1.29, 1.82) is 0 Å². The summed E-state index contributed by atoms with van der Waals surface area (Å²) in [6, 6.07) is 10.3. The molecule has 17 heavy (non-hydrogen) atoms. The average Bonchev–Trinajstić information content (AvgIpc) is 2.90. The highest BCUT2D eigenvalue weighted by atomic mass is 16.1. The van der Waals surface area contributed by atoms with Gasteiger partial charge in [-0.3, -0.25) is 9.69 Å². The van der Waals surface area contributed by atoms with Crippen LogP contribution in [0, 0.1) is 0 Å². The van der Waals surface area contributed by atoms with E-state index in [9.17, 15) is 4.79 Å². The summed E-state index contributed by atoms with van der Waals surface area (Å²) in [6.45, 7) is 3.70. The molecule has 1 aliphatic carbocycles. The molecule has 2 heteroatoms. The van der Waals surface area contributed by atoms with Crippen LogP contribution in [0.5, 0.6) is 0 Å². The van der Waals surface area contributed by atoms with Crippen LogP contribution in [-0.4, -0.2) is 29.8 Å². The van der Waals surface area contributed by atoms with E-state index in [2.05, 4.69) is 11.8 Å². The molecular formula is C15H21NO. The van der Waals surface area contributed by atoms with Crippen LogP contribution in [0.1, 0.15) is 43.0 Å². The number of Topliss-reactive ketones (excluding diaryl/α,β-unsaturated/α-hetero) is 1. The van der Waals surface area contributed by atoms with E-state index in [1.165, 1.54) is 25.7 Å². The molecule has 2 nitrogen and oxygen atoms in total. The maximum absolute atomic E-state index is 12.1. The summed E-state index contributed by atoms with van der Waals surface area (Å²) < 4.78 is 0. The summed E-state index contributed by atoms with van der Waals surface area (Å²) in [6.07, 6.45) is 5.16. The molecule has 0 bridgehead atoms. The summed E-state index contributed by atoms with van der Waals surface area (Å²) in [5, 5.41) is 0. The van der Waals surface area contributed by atoms with E-state index in [-0.39, 0.29) is 5.78 Å². The van der Waals surface area contributed by atoms with Gasteiger partial charge in [0, 0.05) is 11.6 Å². The summed E-state index contributed by atoms with van der Waals surface area (Å²) in [5.41, 5.74) is 0.837. The molecule has 0 aliphatic heterocycles. The van der Waals surface area contributed by atoms with Gasteiger partial charge in [-0.05, 0) is 19.4 Å². The average molecular weight is 231 g/mol. The zero-order valence-electron chi connectivity index (χ0n) is 10.6. The van der Waals surface area contributed by atoms with E-state index in [1.54, 1.807) is 0 Å². The lowest BCUT2D eigenvalue weighted by atomic mass is 10.1. The Kier molecular flexibility index (Phi) is 4.32. The fourth-order valence-corrected chi connectivity index (χ4v) is 2.67. The molecule has 1 saturated carbocycles. The highest BCUT2D eigenvalue weighted by Gasteiger charge is 2.23. The summed E-state index contributed by atoms with van der Waals surface area (Å²) in [7, 11) is 0. The Hall–Kier alpha value is -1.15. The molecule has 92 valence electrons. The highest BCUT2D eigenvalue weighted by molar-refractivity contribution is 5.97. The van der Waals surface area contributed by atoms with Crippen LogP contribution in [0.15, 0.2) is 30.3 Å². The first-order valence-corrected chi connectivity index (χ1v) is 6.63. The molecule has 1 fully saturated rings. The molecule has 0 aromatic heterocycles. The second-order valence-electron chi connectivity index (χ2n) is 4.79. The lowest BCUT2D eigenvalue weighted by molar-refractivity contribution is 0.0899. The maximum atomic E-state index is 12.1. The standard InChI is InChI=1S/C15H21NO/c1-2-16(14-10-6-7-11-14)12-15(17)13-8-4-3-5-9-13/h3-5,8-9,14H,2,6-7,10-12H2,1H3. The molecule has 2 rings (SSSR count). The number of rotatable bonds is 5. The van der Waals surface area contributed by atoms with Crippen molar-refractivity contribution in [3.05, 3.63) is 35.9 Å². The molecule has 0 amide bonds. The number of carbonyl (C=O) groups excluding carboxylic acids is 1. The predicted octanol–water partition coefficient (Wildman–Crippen LogP) is 3.13. The van der Waals surface area contributed by atoms with Crippen LogP contribution in [-0.2, 0) is 0 Å². The lowest BCUT2D eigenvalue weighted by Crippen LogP contribution is -2.37. The van der Waals surface area contributed by atoms with Gasteiger partial charge >= 0.3 is 0 Å². The quantitative estimate of drug-likeness (QED) is 0.726. The Morgan fingerprint density at radius 2 is 1.88 bits per heavy atom. The highest BCUT2D eigenvalue weighted by Crippen LogP contribution is 2.23. The molecule has 0 spiro atoms. The third-order valence-electron chi connectivity index (χ3n) is 3.69. The zero-order chi connectivity index (χ0) is 12.1. The van der Waals surface area contributed by atoms with E-state index in [0.29, 0.717) is 12.6 Å². The second-order valence-corrected chi connectivity index (χ2v) is 4.79. The molecule has 0 saturated heterocycles. The number of carbonyl (C=O) groups is 1. The van der Waals surface area contributed by atoms with Gasteiger partial charge < -0.3 is 0 Å². The van der Waals surface area contributed by atoms with Gasteiger partial charge in [0.15, 0.2) is 5.78 Å². The predicted molar refractivity (Wildman–Crippen MR) is 70.3 cm³/mol. The zero-order valence-corrected chi connectivity index (χ0v) is 10.6. The Morgan fingerprint density at radius 3 is 2.47 bits per heavy atom. The Bertz CT molecular complexity index is 354. The van der Waals surface area contributed by atoms with Crippen molar-refractivity contribution in [1.82, 2.24) is 4.90 Å². The number of benzene rings is 1. The Labute approximate surface area is 104 Å². The van der Waals surface area contributed by atoms with Crippen molar-refractivity contribution in [2.45, 2.75) is 38.6 Å². The number of ketones is 1. The number of hydrogen-bond acceptors (Lipinski definition) is 2. The monoisotopic (exact) mass is 231 g/mol. The largest absolute Gasteiger partial charge is 0.293 e. The first-order chi connectivity index (χ1) is 8.31. The van der Waals surface area contributed by atoms with E-state index in [1.807, 2.05) is 30.3 Å². The first kappa shape index (κ1) is 12.3. The molecule has 0 N–H and O–H groups in total. The van der Waals surface area contributed by atoms with Gasteiger partial charge in [0.25, 0.3) is 0 Å². The van der Waals surface area contributed by atoms with E-state index >= 15 is 0 Å². The second kappa shape index (κ2) is 5.97. The van der Waals surface area contributed by atoms with Crippen LogP contribution >= 0.6 is 0 Å². The third-order valence-corrected chi connectivity index (χ3v) is 3.69.